The van der Waals surface area contributed by atoms with Crippen molar-refractivity contribution >= 4 is 23.5 Å². The zero-order valence-corrected chi connectivity index (χ0v) is 9.44. The van der Waals surface area contributed by atoms with Crippen LogP contribution in [0.15, 0.2) is 41.1 Å². The van der Waals surface area contributed by atoms with Crippen LogP contribution in [0, 0.1) is 0 Å². The van der Waals surface area contributed by atoms with Gasteiger partial charge in [0.05, 0.1) is 5.69 Å². The summed E-state index contributed by atoms with van der Waals surface area (Å²) in [6.07, 6.45) is 0.985. The second-order valence-corrected chi connectivity index (χ2v) is 4.84. The molecule has 1 unspecified atom stereocenters. The van der Waals surface area contributed by atoms with Crippen LogP contribution in [-0.2, 0) is 0 Å². The van der Waals surface area contributed by atoms with Crippen LogP contribution in [0.5, 0.6) is 0 Å². The Kier molecular flexibility index (Phi) is 1.91. The summed E-state index contributed by atoms with van der Waals surface area (Å²) < 4.78 is 0. The molecular formula is C11H10N2O2S. The van der Waals surface area contributed by atoms with Crippen LogP contribution in [0.2, 0.25) is 0 Å². The summed E-state index contributed by atoms with van der Waals surface area (Å²) in [6, 6.07) is 7.96. The number of allylic oxidation sites excluding steroid dienone is 1. The van der Waals surface area contributed by atoms with E-state index >= 15 is 0 Å². The number of amides is 1. The number of hydrogen-bond acceptors (Lipinski definition) is 3. The molecule has 2 heterocycles. The van der Waals surface area contributed by atoms with E-state index in [9.17, 15) is 4.79 Å². The van der Waals surface area contributed by atoms with Gasteiger partial charge in [0, 0.05) is 16.8 Å². The van der Waals surface area contributed by atoms with Crippen LogP contribution in [0.1, 0.15) is 6.92 Å². The quantitative estimate of drug-likeness (QED) is 0.749. The van der Waals surface area contributed by atoms with Gasteiger partial charge in [-0.2, -0.15) is 0 Å². The Labute approximate surface area is 97.2 Å². The predicted octanol–water partition coefficient (Wildman–Crippen LogP) is 2.74. The summed E-state index contributed by atoms with van der Waals surface area (Å²) in [5.41, 5.74) is 1.68. The minimum atomic E-state index is -0.901. The molecule has 2 aliphatic rings. The summed E-state index contributed by atoms with van der Waals surface area (Å²) in [7, 11) is 0. The topological polar surface area (TPSA) is 43.8 Å². The van der Waals surface area contributed by atoms with Crippen LogP contribution < -0.4 is 4.90 Å². The summed E-state index contributed by atoms with van der Waals surface area (Å²) in [5, 5.41) is 9.15. The molecule has 1 amide bonds. The third-order valence-corrected chi connectivity index (χ3v) is 3.99. The van der Waals surface area contributed by atoms with Gasteiger partial charge in [-0.25, -0.2) is 9.69 Å². The molecule has 4 nitrogen and oxygen atoms in total. The summed E-state index contributed by atoms with van der Waals surface area (Å²) in [6.45, 7) is 1.82. The van der Waals surface area contributed by atoms with Gasteiger partial charge in [-0.1, -0.05) is 23.9 Å². The van der Waals surface area contributed by atoms with Crippen molar-refractivity contribution in [3.8, 4) is 0 Å². The van der Waals surface area contributed by atoms with Crippen molar-refractivity contribution < 1.29 is 9.90 Å². The van der Waals surface area contributed by atoms with E-state index in [1.807, 2.05) is 42.3 Å². The number of nitrogens with zero attached hydrogens (tertiary/aromatic N) is 2. The van der Waals surface area contributed by atoms with Gasteiger partial charge < -0.3 is 10.0 Å². The molecule has 1 aromatic carbocycles. The SMILES string of the molecule is CC1=CN2c3ccccc3SC2N1C(=O)O. The van der Waals surface area contributed by atoms with E-state index < -0.39 is 6.09 Å². The van der Waals surface area contributed by atoms with Gasteiger partial charge in [0.25, 0.3) is 0 Å². The van der Waals surface area contributed by atoms with Gasteiger partial charge >= 0.3 is 6.09 Å². The maximum Gasteiger partial charge on any atom is 0.414 e. The minimum Gasteiger partial charge on any atom is -0.465 e. The molecule has 3 rings (SSSR count). The van der Waals surface area contributed by atoms with Crippen molar-refractivity contribution in [2.24, 2.45) is 0 Å². The number of anilines is 1. The average Bonchev–Trinajstić information content (AvgIpc) is 2.71. The molecule has 1 N–H and O–H groups in total. The van der Waals surface area contributed by atoms with Crippen LogP contribution >= 0.6 is 11.8 Å². The van der Waals surface area contributed by atoms with Crippen LogP contribution in [0.3, 0.4) is 0 Å². The Morgan fingerprint density at radius 2 is 2.19 bits per heavy atom. The largest absolute Gasteiger partial charge is 0.465 e. The average molecular weight is 234 g/mol. The van der Waals surface area contributed by atoms with E-state index in [2.05, 4.69) is 0 Å². The predicted molar refractivity (Wildman–Crippen MR) is 62.2 cm³/mol. The van der Waals surface area contributed by atoms with Gasteiger partial charge in [-0.15, -0.1) is 0 Å². The van der Waals surface area contributed by atoms with Crippen molar-refractivity contribution in [3.63, 3.8) is 0 Å². The van der Waals surface area contributed by atoms with E-state index in [0.717, 1.165) is 16.3 Å². The molecule has 1 aromatic rings. The van der Waals surface area contributed by atoms with Crippen molar-refractivity contribution in [1.82, 2.24) is 4.90 Å². The van der Waals surface area contributed by atoms with Crippen LogP contribution in [0.4, 0.5) is 10.5 Å². The first-order valence-corrected chi connectivity index (χ1v) is 5.81. The highest BCUT2D eigenvalue weighted by molar-refractivity contribution is 8.00. The molecule has 0 aromatic heterocycles. The van der Waals surface area contributed by atoms with Crippen LogP contribution in [-0.4, -0.2) is 21.6 Å². The first-order chi connectivity index (χ1) is 7.68. The van der Waals surface area contributed by atoms with E-state index in [-0.39, 0.29) is 5.50 Å². The lowest BCUT2D eigenvalue weighted by molar-refractivity contribution is 0.159. The third kappa shape index (κ3) is 1.15. The molecule has 82 valence electrons. The van der Waals surface area contributed by atoms with E-state index in [1.54, 1.807) is 11.8 Å². The Hall–Kier alpha value is -1.62. The molecule has 0 radical (unpaired) electrons. The van der Waals surface area contributed by atoms with E-state index in [0.29, 0.717) is 0 Å². The van der Waals surface area contributed by atoms with Crippen molar-refractivity contribution in [3.05, 3.63) is 36.2 Å². The molecule has 0 spiro atoms. The van der Waals surface area contributed by atoms with Crippen molar-refractivity contribution in [1.29, 1.82) is 0 Å². The second-order valence-electron chi connectivity index (χ2n) is 3.74. The monoisotopic (exact) mass is 234 g/mol. The number of fused-ring (bicyclic) bond motifs is 3. The molecule has 0 saturated heterocycles. The standard InChI is InChI=1S/C11H10N2O2S/c1-7-6-12-8-4-2-3-5-9(8)16-10(12)13(7)11(14)15/h2-6,10H,1H3,(H,14,15). The van der Waals surface area contributed by atoms with Gasteiger partial charge in [-0.05, 0) is 19.1 Å². The zero-order valence-electron chi connectivity index (χ0n) is 8.62. The fraction of sp³-hybridized carbons (Fsp3) is 0.182. The normalized spacial score (nSPS) is 21.8. The Balaban J connectivity index is 2.05. The smallest absolute Gasteiger partial charge is 0.414 e. The summed E-state index contributed by atoms with van der Waals surface area (Å²) in [4.78, 5) is 15.7. The van der Waals surface area contributed by atoms with Crippen LogP contribution in [0.25, 0.3) is 0 Å². The minimum absolute atomic E-state index is 0.171. The molecule has 16 heavy (non-hydrogen) atoms. The molecule has 0 fully saturated rings. The number of thioether (sulfide) groups is 1. The molecular weight excluding hydrogens is 224 g/mol. The Bertz CT molecular complexity index is 501. The summed E-state index contributed by atoms with van der Waals surface area (Å²) >= 11 is 1.57. The van der Waals surface area contributed by atoms with Gasteiger partial charge in [0.2, 0.25) is 0 Å². The number of para-hydroxylation sites is 1. The maximum absolute atomic E-state index is 11.2. The number of hydrogen-bond donors (Lipinski definition) is 1. The number of benzene rings is 1. The lowest BCUT2D eigenvalue weighted by atomic mass is 10.3. The van der Waals surface area contributed by atoms with E-state index in [4.69, 9.17) is 5.11 Å². The fourth-order valence-corrected chi connectivity index (χ4v) is 3.38. The highest BCUT2D eigenvalue weighted by atomic mass is 32.2. The molecule has 0 bridgehead atoms. The van der Waals surface area contributed by atoms with Gasteiger partial charge in [0.15, 0.2) is 5.50 Å². The molecule has 1 atom stereocenters. The molecule has 2 aliphatic heterocycles. The molecule has 5 heteroatoms. The molecule has 0 aliphatic carbocycles. The lowest BCUT2D eigenvalue weighted by Gasteiger charge is -2.23. The first kappa shape index (κ1) is 9.59. The fourth-order valence-electron chi connectivity index (χ4n) is 2.05. The number of carbonyl (C=O) groups is 1. The maximum atomic E-state index is 11.2. The Morgan fingerprint density at radius 1 is 1.44 bits per heavy atom. The highest BCUT2D eigenvalue weighted by Crippen LogP contribution is 2.48. The summed E-state index contributed by atoms with van der Waals surface area (Å²) in [5.74, 6) is 0. The van der Waals surface area contributed by atoms with E-state index in [1.165, 1.54) is 4.90 Å². The van der Waals surface area contributed by atoms with Crippen molar-refractivity contribution in [2.75, 3.05) is 4.90 Å². The highest BCUT2D eigenvalue weighted by Gasteiger charge is 2.41. The lowest BCUT2D eigenvalue weighted by Crippen LogP contribution is -2.37. The second kappa shape index (κ2) is 3.18. The number of rotatable bonds is 0. The third-order valence-electron chi connectivity index (χ3n) is 2.75. The zero-order chi connectivity index (χ0) is 11.3. The van der Waals surface area contributed by atoms with Crippen molar-refractivity contribution in [2.45, 2.75) is 17.3 Å². The number of carboxylic acid groups (broad SMARTS) is 1. The Morgan fingerprint density at radius 3 is 2.94 bits per heavy atom. The van der Waals surface area contributed by atoms with Gasteiger partial charge in [-0.3, -0.25) is 0 Å². The van der Waals surface area contributed by atoms with Gasteiger partial charge in [0.1, 0.15) is 0 Å². The molecule has 0 saturated carbocycles. The first-order valence-electron chi connectivity index (χ1n) is 4.93.